The van der Waals surface area contributed by atoms with Gasteiger partial charge in [0, 0.05) is 24.2 Å². The molecule has 0 aliphatic carbocycles. The van der Waals surface area contributed by atoms with Crippen LogP contribution in [-0.2, 0) is 0 Å². The van der Waals surface area contributed by atoms with E-state index in [-0.39, 0.29) is 28.9 Å². The molecule has 3 aromatic rings. The maximum Gasteiger partial charge on any atom is 0.373 e. The molecule has 0 unspecified atom stereocenters. The minimum Gasteiger partial charge on any atom is -0.508 e. The van der Waals surface area contributed by atoms with Crippen molar-refractivity contribution in [1.29, 1.82) is 0 Å². The summed E-state index contributed by atoms with van der Waals surface area (Å²) in [5, 5.41) is 21.1. The number of phenolic OH excluding ortho intramolecular Hbond substituents is 1. The topological polar surface area (TPSA) is 119 Å². The molecule has 1 N–H and O–H groups in total. The fourth-order valence-electron chi connectivity index (χ4n) is 3.49. The van der Waals surface area contributed by atoms with Gasteiger partial charge in [-0.3, -0.25) is 14.9 Å². The highest BCUT2D eigenvalue weighted by molar-refractivity contribution is 6.09. The number of aromatic nitrogens is 2. The zero-order valence-electron chi connectivity index (χ0n) is 16.6. The molecule has 1 aromatic heterocycles. The van der Waals surface area contributed by atoms with Gasteiger partial charge in [0.2, 0.25) is 5.82 Å². The van der Waals surface area contributed by atoms with E-state index < -0.39 is 4.92 Å². The Kier molecular flexibility index (Phi) is 5.74. The monoisotopic (exact) mass is 420 g/mol. The average molecular weight is 420 g/mol. The summed E-state index contributed by atoms with van der Waals surface area (Å²) in [7, 11) is 0. The van der Waals surface area contributed by atoms with Crippen molar-refractivity contribution in [1.82, 2.24) is 9.97 Å². The minimum absolute atomic E-state index is 0.0793. The molecule has 1 aliphatic heterocycles. The fraction of sp³-hybridized carbons (Fsp3) is 0.227. The van der Waals surface area contributed by atoms with Crippen molar-refractivity contribution in [3.8, 4) is 17.4 Å². The van der Waals surface area contributed by atoms with Crippen LogP contribution in [0.25, 0.3) is 0 Å². The van der Waals surface area contributed by atoms with Crippen molar-refractivity contribution in [2.24, 2.45) is 0 Å². The molecule has 0 atom stereocenters. The highest BCUT2D eigenvalue weighted by Gasteiger charge is 2.29. The lowest BCUT2D eigenvalue weighted by Crippen LogP contribution is -2.30. The van der Waals surface area contributed by atoms with E-state index in [1.807, 2.05) is 4.90 Å². The van der Waals surface area contributed by atoms with Gasteiger partial charge < -0.3 is 14.7 Å². The van der Waals surface area contributed by atoms with E-state index in [0.717, 1.165) is 19.3 Å². The van der Waals surface area contributed by atoms with E-state index in [1.165, 1.54) is 30.6 Å². The van der Waals surface area contributed by atoms with Crippen LogP contribution < -0.4 is 9.64 Å². The normalized spacial score (nSPS) is 13.6. The zero-order chi connectivity index (χ0) is 21.8. The van der Waals surface area contributed by atoms with Gasteiger partial charge in [-0.2, -0.15) is 4.98 Å². The van der Waals surface area contributed by atoms with Crippen molar-refractivity contribution in [3.05, 3.63) is 76.1 Å². The summed E-state index contributed by atoms with van der Waals surface area (Å²) in [6.45, 7) is 1.40. The Morgan fingerprint density at radius 1 is 0.968 bits per heavy atom. The number of ether oxygens (including phenoxy) is 1. The molecule has 31 heavy (non-hydrogen) atoms. The van der Waals surface area contributed by atoms with Gasteiger partial charge in [0.1, 0.15) is 17.8 Å². The summed E-state index contributed by atoms with van der Waals surface area (Å²) in [6, 6.07) is 12.2. The predicted molar refractivity (Wildman–Crippen MR) is 113 cm³/mol. The van der Waals surface area contributed by atoms with E-state index in [0.29, 0.717) is 30.0 Å². The van der Waals surface area contributed by atoms with Crippen molar-refractivity contribution >= 4 is 17.3 Å². The quantitative estimate of drug-likeness (QED) is 0.360. The first kappa shape index (κ1) is 20.3. The number of rotatable bonds is 6. The molecule has 0 amide bonds. The van der Waals surface area contributed by atoms with Crippen molar-refractivity contribution in [2.75, 3.05) is 18.0 Å². The summed E-state index contributed by atoms with van der Waals surface area (Å²) >= 11 is 0. The maximum atomic E-state index is 12.6. The molecule has 1 aliphatic rings. The van der Waals surface area contributed by atoms with E-state index in [2.05, 4.69) is 9.97 Å². The third kappa shape index (κ3) is 4.45. The Balaban J connectivity index is 1.57. The second-order valence-electron chi connectivity index (χ2n) is 7.16. The molecular weight excluding hydrogens is 400 g/mol. The Morgan fingerprint density at radius 3 is 2.19 bits per heavy atom. The molecule has 0 bridgehead atoms. The number of phenols is 1. The lowest BCUT2D eigenvalue weighted by Gasteiger charge is -2.27. The van der Waals surface area contributed by atoms with Crippen LogP contribution in [0.15, 0.2) is 54.9 Å². The second kappa shape index (κ2) is 8.78. The van der Waals surface area contributed by atoms with Gasteiger partial charge in [0.15, 0.2) is 5.78 Å². The Morgan fingerprint density at radius 2 is 1.58 bits per heavy atom. The Bertz CT molecular complexity index is 1090. The number of anilines is 1. The summed E-state index contributed by atoms with van der Waals surface area (Å²) in [5.41, 5.74) is 0.585. The Hall–Kier alpha value is -4.01. The van der Waals surface area contributed by atoms with Crippen LogP contribution >= 0.6 is 0 Å². The minimum atomic E-state index is -0.526. The summed E-state index contributed by atoms with van der Waals surface area (Å²) in [4.78, 5) is 33.8. The first-order valence-electron chi connectivity index (χ1n) is 9.89. The fourth-order valence-corrected chi connectivity index (χ4v) is 3.49. The molecule has 0 radical (unpaired) electrons. The molecule has 158 valence electrons. The number of carbonyl (C=O) groups excluding carboxylic acids is 1. The van der Waals surface area contributed by atoms with E-state index >= 15 is 0 Å². The molecule has 9 nitrogen and oxygen atoms in total. The number of hydrogen-bond donors (Lipinski definition) is 1. The first-order valence-corrected chi connectivity index (χ1v) is 9.89. The highest BCUT2D eigenvalue weighted by Crippen LogP contribution is 2.37. The largest absolute Gasteiger partial charge is 0.508 e. The van der Waals surface area contributed by atoms with Crippen LogP contribution in [0.2, 0.25) is 0 Å². The summed E-state index contributed by atoms with van der Waals surface area (Å²) in [5.74, 6) is 0.295. The molecule has 2 heterocycles. The van der Waals surface area contributed by atoms with Gasteiger partial charge >= 0.3 is 11.6 Å². The van der Waals surface area contributed by atoms with Crippen LogP contribution in [0.4, 0.5) is 11.5 Å². The Labute approximate surface area is 178 Å². The number of nitro groups is 1. The van der Waals surface area contributed by atoms with E-state index in [4.69, 9.17) is 4.74 Å². The molecular formula is C22H20N4O5. The SMILES string of the molecule is O=C(c1ccc(O)cc1)c1ccc(Oc2ncnc(N3CCCCC3)c2[N+](=O)[O-])cc1. The number of ketones is 1. The highest BCUT2D eigenvalue weighted by atomic mass is 16.6. The zero-order valence-corrected chi connectivity index (χ0v) is 16.6. The third-order valence-corrected chi connectivity index (χ3v) is 5.07. The number of nitrogens with zero attached hydrogens (tertiary/aromatic N) is 4. The van der Waals surface area contributed by atoms with Gasteiger partial charge in [-0.05, 0) is 67.8 Å². The lowest BCUT2D eigenvalue weighted by atomic mass is 10.0. The van der Waals surface area contributed by atoms with Crippen LogP contribution in [0, 0.1) is 10.1 Å². The first-order chi connectivity index (χ1) is 15.0. The number of aromatic hydroxyl groups is 1. The molecule has 9 heteroatoms. The van der Waals surface area contributed by atoms with Gasteiger partial charge in [-0.25, -0.2) is 4.98 Å². The van der Waals surface area contributed by atoms with E-state index in [1.54, 1.807) is 24.3 Å². The number of hydrogen-bond acceptors (Lipinski definition) is 8. The van der Waals surface area contributed by atoms with Gasteiger partial charge in [-0.1, -0.05) is 0 Å². The second-order valence-corrected chi connectivity index (χ2v) is 7.16. The number of carbonyl (C=O) groups is 1. The summed E-state index contributed by atoms with van der Waals surface area (Å²) in [6.07, 6.45) is 4.25. The van der Waals surface area contributed by atoms with Crippen molar-refractivity contribution < 1.29 is 19.6 Å². The van der Waals surface area contributed by atoms with Gasteiger partial charge in [0.25, 0.3) is 0 Å². The maximum absolute atomic E-state index is 12.6. The third-order valence-electron chi connectivity index (χ3n) is 5.07. The number of piperidine rings is 1. The average Bonchev–Trinajstić information content (AvgIpc) is 2.80. The number of benzene rings is 2. The molecule has 2 aromatic carbocycles. The van der Waals surface area contributed by atoms with Crippen LogP contribution in [0.5, 0.6) is 17.4 Å². The molecule has 4 rings (SSSR count). The summed E-state index contributed by atoms with van der Waals surface area (Å²) < 4.78 is 5.69. The van der Waals surface area contributed by atoms with Gasteiger partial charge in [-0.15, -0.1) is 0 Å². The standard InChI is InChI=1S/C22H20N4O5/c27-17-8-4-15(5-9-17)20(28)16-6-10-18(11-7-16)31-22-19(26(29)30)21(23-14-24-22)25-12-2-1-3-13-25/h4-11,14,27H,1-3,12-13H2. The molecule has 1 fully saturated rings. The molecule has 0 spiro atoms. The molecule has 1 saturated heterocycles. The van der Waals surface area contributed by atoms with Crippen LogP contribution in [0.3, 0.4) is 0 Å². The molecule has 0 saturated carbocycles. The van der Waals surface area contributed by atoms with Crippen molar-refractivity contribution in [3.63, 3.8) is 0 Å². The van der Waals surface area contributed by atoms with E-state index in [9.17, 15) is 20.0 Å². The lowest BCUT2D eigenvalue weighted by molar-refractivity contribution is -0.385. The van der Waals surface area contributed by atoms with Gasteiger partial charge in [0.05, 0.1) is 4.92 Å². The smallest absolute Gasteiger partial charge is 0.373 e. The predicted octanol–water partition coefficient (Wildman–Crippen LogP) is 4.10. The van der Waals surface area contributed by atoms with Crippen LogP contribution in [0.1, 0.15) is 35.2 Å². The van der Waals surface area contributed by atoms with Crippen molar-refractivity contribution in [2.45, 2.75) is 19.3 Å². The van der Waals surface area contributed by atoms with Crippen LogP contribution in [-0.4, -0.2) is 38.9 Å².